The molecule has 0 bridgehead atoms. The molecule has 1 heterocycles. The molecule has 0 saturated heterocycles. The summed E-state index contributed by atoms with van der Waals surface area (Å²) in [4.78, 5) is 4.35. The Bertz CT molecular complexity index is 634. The molecule has 1 N–H and O–H groups in total. The third-order valence-electron chi connectivity index (χ3n) is 3.88. The van der Waals surface area contributed by atoms with Gasteiger partial charge < -0.3 is 14.6 Å². The van der Waals surface area contributed by atoms with Gasteiger partial charge in [-0.25, -0.2) is 9.37 Å². The van der Waals surface area contributed by atoms with Crippen molar-refractivity contribution >= 4 is 0 Å². The van der Waals surface area contributed by atoms with Crippen LogP contribution in [0.4, 0.5) is 4.39 Å². The Balaban J connectivity index is 1.81. The highest BCUT2D eigenvalue weighted by atomic mass is 19.1. The number of aryl methyl sites for hydroxylation is 1. The lowest BCUT2D eigenvalue weighted by Crippen LogP contribution is -2.19. The van der Waals surface area contributed by atoms with Gasteiger partial charge in [0.05, 0.1) is 19.3 Å². The van der Waals surface area contributed by atoms with Crippen molar-refractivity contribution in [2.75, 3.05) is 7.11 Å². The van der Waals surface area contributed by atoms with Crippen LogP contribution in [0.25, 0.3) is 0 Å². The third kappa shape index (κ3) is 3.08. The first-order valence-corrected chi connectivity index (χ1v) is 7.25. The quantitative estimate of drug-likeness (QED) is 0.888. The monoisotopic (exact) mass is 289 g/mol. The van der Waals surface area contributed by atoms with Crippen LogP contribution in [-0.4, -0.2) is 22.7 Å². The van der Waals surface area contributed by atoms with E-state index >= 15 is 0 Å². The number of benzene rings is 1. The number of methoxy groups -OCH3 is 1. The van der Waals surface area contributed by atoms with Crippen LogP contribution in [0, 0.1) is 12.7 Å². The van der Waals surface area contributed by atoms with Gasteiger partial charge in [-0.2, -0.15) is 0 Å². The number of hydrogen-bond donors (Lipinski definition) is 1. The number of hydrogen-bond acceptors (Lipinski definition) is 3. The van der Waals surface area contributed by atoms with Crippen molar-refractivity contribution in [3.63, 3.8) is 0 Å². The molecule has 0 aliphatic heterocycles. The Labute approximate surface area is 124 Å². The highest BCUT2D eigenvalue weighted by molar-refractivity contribution is 5.31. The molecule has 3 rings (SSSR count). The van der Waals surface area contributed by atoms with E-state index < -0.39 is 0 Å². The molecule has 1 aromatic carbocycles. The molecule has 0 spiro atoms. The lowest BCUT2D eigenvalue weighted by Gasteiger charge is -2.13. The molecule has 0 atom stereocenters. The predicted octanol–water partition coefficient (Wildman–Crippen LogP) is 2.64. The van der Waals surface area contributed by atoms with Crippen LogP contribution in [0.15, 0.2) is 24.4 Å². The second kappa shape index (κ2) is 5.85. The number of halogens is 1. The fourth-order valence-corrected chi connectivity index (χ4v) is 2.41. The molecule has 112 valence electrons. The summed E-state index contributed by atoms with van der Waals surface area (Å²) in [5.74, 6) is 0.877. The number of rotatable bonds is 6. The minimum atomic E-state index is -0.297. The largest absolute Gasteiger partial charge is 0.494 e. The van der Waals surface area contributed by atoms with Crippen LogP contribution in [-0.2, 0) is 13.1 Å². The van der Waals surface area contributed by atoms with E-state index in [1.165, 1.54) is 20.0 Å². The topological polar surface area (TPSA) is 39.1 Å². The Morgan fingerprint density at radius 2 is 2.24 bits per heavy atom. The summed E-state index contributed by atoms with van der Waals surface area (Å²) < 4.78 is 21.4. The fourth-order valence-electron chi connectivity index (χ4n) is 2.41. The van der Waals surface area contributed by atoms with Gasteiger partial charge in [0.1, 0.15) is 5.82 Å². The minimum Gasteiger partial charge on any atom is -0.494 e. The molecule has 21 heavy (non-hydrogen) atoms. The zero-order valence-corrected chi connectivity index (χ0v) is 12.4. The van der Waals surface area contributed by atoms with Crippen molar-refractivity contribution in [3.8, 4) is 5.75 Å². The van der Waals surface area contributed by atoms with Gasteiger partial charge in [0, 0.05) is 24.3 Å². The van der Waals surface area contributed by atoms with Gasteiger partial charge in [-0.05, 0) is 25.8 Å². The summed E-state index contributed by atoms with van der Waals surface area (Å²) in [6.45, 7) is 3.19. The van der Waals surface area contributed by atoms with E-state index in [9.17, 15) is 4.39 Å². The van der Waals surface area contributed by atoms with E-state index in [0.717, 1.165) is 18.1 Å². The summed E-state index contributed by atoms with van der Waals surface area (Å²) >= 11 is 0. The maximum Gasteiger partial charge on any atom is 0.170 e. The minimum absolute atomic E-state index is 0.280. The Morgan fingerprint density at radius 1 is 1.43 bits per heavy atom. The van der Waals surface area contributed by atoms with E-state index in [0.29, 0.717) is 18.2 Å². The highest BCUT2D eigenvalue weighted by Crippen LogP contribution is 2.22. The van der Waals surface area contributed by atoms with Crippen molar-refractivity contribution in [2.24, 2.45) is 0 Å². The molecular formula is C16H20FN3O. The highest BCUT2D eigenvalue weighted by Gasteiger charge is 2.21. The summed E-state index contributed by atoms with van der Waals surface area (Å²) in [6, 6.07) is 5.87. The average Bonchev–Trinajstić information content (AvgIpc) is 3.25. The number of ether oxygens (including phenoxy) is 1. The first kappa shape index (κ1) is 14.1. The van der Waals surface area contributed by atoms with E-state index in [4.69, 9.17) is 4.74 Å². The molecule has 4 nitrogen and oxygen atoms in total. The average molecular weight is 289 g/mol. The van der Waals surface area contributed by atoms with Gasteiger partial charge in [0.15, 0.2) is 11.6 Å². The molecule has 2 aromatic rings. The van der Waals surface area contributed by atoms with Gasteiger partial charge in [-0.1, -0.05) is 12.1 Å². The predicted molar refractivity (Wildman–Crippen MR) is 78.9 cm³/mol. The molecule has 1 aliphatic carbocycles. The van der Waals surface area contributed by atoms with Gasteiger partial charge >= 0.3 is 0 Å². The zero-order valence-electron chi connectivity index (χ0n) is 12.4. The maximum absolute atomic E-state index is 14.3. The maximum atomic E-state index is 14.3. The van der Waals surface area contributed by atoms with E-state index in [2.05, 4.69) is 10.3 Å². The molecule has 5 heteroatoms. The third-order valence-corrected chi connectivity index (χ3v) is 3.88. The summed E-state index contributed by atoms with van der Waals surface area (Å²) in [6.07, 6.45) is 4.36. The standard InChI is InChI=1S/C16H20FN3O/c1-11-18-8-14(9-19-13-6-7-13)20(11)10-12-4-3-5-15(21-2)16(12)17/h3-5,8,13,19H,6-7,9-10H2,1-2H3. The van der Waals surface area contributed by atoms with Crippen molar-refractivity contribution < 1.29 is 9.13 Å². The lowest BCUT2D eigenvalue weighted by molar-refractivity contribution is 0.383. The Morgan fingerprint density at radius 3 is 2.95 bits per heavy atom. The summed E-state index contributed by atoms with van der Waals surface area (Å²) in [7, 11) is 1.48. The van der Waals surface area contributed by atoms with Crippen LogP contribution in [0.5, 0.6) is 5.75 Å². The van der Waals surface area contributed by atoms with Crippen molar-refractivity contribution in [1.29, 1.82) is 0 Å². The van der Waals surface area contributed by atoms with Gasteiger partial charge in [0.2, 0.25) is 0 Å². The van der Waals surface area contributed by atoms with Gasteiger partial charge in [0.25, 0.3) is 0 Å². The Hall–Kier alpha value is -1.88. The first-order valence-electron chi connectivity index (χ1n) is 7.25. The SMILES string of the molecule is COc1cccc(Cn2c(CNC3CC3)cnc2C)c1F. The molecule has 0 radical (unpaired) electrons. The van der Waals surface area contributed by atoms with Crippen molar-refractivity contribution in [3.05, 3.63) is 47.3 Å². The van der Waals surface area contributed by atoms with E-state index in [1.807, 2.05) is 23.8 Å². The number of imidazole rings is 1. The molecular weight excluding hydrogens is 269 g/mol. The van der Waals surface area contributed by atoms with Crippen LogP contribution < -0.4 is 10.1 Å². The summed E-state index contributed by atoms with van der Waals surface area (Å²) in [5.41, 5.74) is 1.70. The smallest absolute Gasteiger partial charge is 0.170 e. The van der Waals surface area contributed by atoms with E-state index in [-0.39, 0.29) is 11.6 Å². The zero-order chi connectivity index (χ0) is 14.8. The van der Waals surface area contributed by atoms with E-state index in [1.54, 1.807) is 12.1 Å². The molecule has 1 aromatic heterocycles. The molecule has 1 aliphatic rings. The summed E-state index contributed by atoms with van der Waals surface area (Å²) in [5, 5.41) is 3.47. The number of aromatic nitrogens is 2. The van der Waals surface area contributed by atoms with Gasteiger partial charge in [-0.3, -0.25) is 0 Å². The molecule has 0 unspecified atom stereocenters. The normalized spacial score (nSPS) is 14.4. The van der Waals surface area contributed by atoms with Crippen molar-refractivity contribution in [1.82, 2.24) is 14.9 Å². The van der Waals surface area contributed by atoms with Crippen molar-refractivity contribution in [2.45, 2.75) is 38.9 Å². The van der Waals surface area contributed by atoms with Gasteiger partial charge in [-0.15, -0.1) is 0 Å². The fraction of sp³-hybridized carbons (Fsp3) is 0.438. The number of nitrogens with zero attached hydrogens (tertiary/aromatic N) is 2. The van der Waals surface area contributed by atoms with Crippen LogP contribution in [0.1, 0.15) is 29.9 Å². The molecule has 1 fully saturated rings. The van der Waals surface area contributed by atoms with Crippen LogP contribution in [0.3, 0.4) is 0 Å². The first-order chi connectivity index (χ1) is 10.2. The van der Waals surface area contributed by atoms with Crippen LogP contribution in [0.2, 0.25) is 0 Å². The Kier molecular flexibility index (Phi) is 3.92. The second-order valence-corrected chi connectivity index (χ2v) is 5.47. The number of nitrogens with one attached hydrogen (secondary N) is 1. The van der Waals surface area contributed by atoms with Crippen LogP contribution >= 0.6 is 0 Å². The lowest BCUT2D eigenvalue weighted by atomic mass is 10.2. The molecule has 1 saturated carbocycles. The molecule has 0 amide bonds. The second-order valence-electron chi connectivity index (χ2n) is 5.47.